The molecule has 1 rings (SSSR count). The van der Waals surface area contributed by atoms with Gasteiger partial charge in [-0.15, -0.1) is 11.3 Å². The number of nitrogens with zero attached hydrogens (tertiary/aromatic N) is 2. The van der Waals surface area contributed by atoms with Gasteiger partial charge in [-0.3, -0.25) is 0 Å². The van der Waals surface area contributed by atoms with Crippen molar-refractivity contribution >= 4 is 11.3 Å². The molecule has 0 radical (unpaired) electrons. The molecule has 1 heterocycles. The summed E-state index contributed by atoms with van der Waals surface area (Å²) >= 11 is 2.08. The van der Waals surface area contributed by atoms with Gasteiger partial charge < -0.3 is 33.8 Å². The second-order valence-electron chi connectivity index (χ2n) is 17.6. The van der Waals surface area contributed by atoms with E-state index in [0.717, 1.165) is 8.97 Å². The monoisotopic (exact) mass is 775 g/mol. The highest BCUT2D eigenvalue weighted by Gasteiger charge is 2.20. The zero-order valence-corrected chi connectivity index (χ0v) is 38.0. The predicted octanol–water partition coefficient (Wildman–Crippen LogP) is 9.43. The normalized spacial score (nSPS) is 11.9. The Labute approximate surface area is 339 Å². The van der Waals surface area contributed by atoms with E-state index in [1.54, 1.807) is 9.75 Å². The lowest BCUT2D eigenvalue weighted by Gasteiger charge is -2.30. The van der Waals surface area contributed by atoms with E-state index in [9.17, 15) is 0 Å². The average Bonchev–Trinajstić information content (AvgIpc) is 3.49. The molecule has 0 amide bonds. The molecular formula is C46H92Cl2N2S. The second kappa shape index (κ2) is 37.1. The van der Waals surface area contributed by atoms with Crippen molar-refractivity contribution in [2.24, 2.45) is 0 Å². The summed E-state index contributed by atoms with van der Waals surface area (Å²) in [6, 6.07) is 4.87. The fourth-order valence-corrected chi connectivity index (χ4v) is 9.21. The molecule has 0 saturated heterocycles. The van der Waals surface area contributed by atoms with Crippen LogP contribution in [0.5, 0.6) is 0 Å². The van der Waals surface area contributed by atoms with Crippen LogP contribution < -0.4 is 24.8 Å². The largest absolute Gasteiger partial charge is 1.00 e. The van der Waals surface area contributed by atoms with Crippen LogP contribution >= 0.6 is 11.3 Å². The summed E-state index contributed by atoms with van der Waals surface area (Å²) < 4.78 is 2.27. The first-order valence-electron chi connectivity index (χ1n) is 22.5. The van der Waals surface area contributed by atoms with Crippen LogP contribution in [0.2, 0.25) is 0 Å². The fraction of sp³-hybridized carbons (Fsp3) is 0.913. The Morgan fingerprint density at radius 1 is 0.333 bits per heavy atom. The van der Waals surface area contributed by atoms with Gasteiger partial charge >= 0.3 is 0 Å². The molecule has 2 nitrogen and oxygen atoms in total. The molecule has 5 heteroatoms. The van der Waals surface area contributed by atoms with E-state index in [0.29, 0.717) is 0 Å². The SMILES string of the molecule is CCCCCCCCCCCCCCCCCC[N+](C)(C)Cc1ccc(C[N+](C)(C)CCCCCCCCCCCCCCCCCC)s1.[Cl-].[Cl-]. The number of quaternary nitrogens is 2. The molecule has 0 bridgehead atoms. The van der Waals surface area contributed by atoms with Crippen LogP contribution in [0.1, 0.15) is 229 Å². The first-order valence-corrected chi connectivity index (χ1v) is 23.3. The quantitative estimate of drug-likeness (QED) is 0.0464. The maximum Gasteiger partial charge on any atom is 0.113 e. The molecule has 0 unspecified atom stereocenters. The Morgan fingerprint density at radius 3 is 0.745 bits per heavy atom. The van der Waals surface area contributed by atoms with Crippen molar-refractivity contribution in [2.75, 3.05) is 41.3 Å². The molecule has 0 aliphatic heterocycles. The first kappa shape index (κ1) is 53.3. The third-order valence-corrected chi connectivity index (χ3v) is 12.2. The smallest absolute Gasteiger partial charge is 0.113 e. The average molecular weight is 776 g/mol. The molecule has 0 saturated carbocycles. The van der Waals surface area contributed by atoms with Gasteiger partial charge in [0.05, 0.1) is 51.0 Å². The molecule has 306 valence electrons. The molecule has 0 aromatic carbocycles. The Morgan fingerprint density at radius 2 is 0.529 bits per heavy atom. The summed E-state index contributed by atoms with van der Waals surface area (Å²) in [6.07, 6.45) is 46.4. The van der Waals surface area contributed by atoms with E-state index in [1.165, 1.54) is 232 Å². The summed E-state index contributed by atoms with van der Waals surface area (Å²) in [5, 5.41) is 0. The van der Waals surface area contributed by atoms with Crippen LogP contribution in [0.15, 0.2) is 12.1 Å². The van der Waals surface area contributed by atoms with E-state index in [2.05, 4.69) is 65.5 Å². The highest BCUT2D eigenvalue weighted by atomic mass is 35.5. The van der Waals surface area contributed by atoms with E-state index >= 15 is 0 Å². The molecule has 0 aliphatic rings. The van der Waals surface area contributed by atoms with E-state index < -0.39 is 0 Å². The van der Waals surface area contributed by atoms with Crippen molar-refractivity contribution in [3.05, 3.63) is 21.9 Å². The van der Waals surface area contributed by atoms with Crippen LogP contribution in [0.3, 0.4) is 0 Å². The van der Waals surface area contributed by atoms with Crippen LogP contribution in [-0.4, -0.2) is 50.2 Å². The van der Waals surface area contributed by atoms with Crippen molar-refractivity contribution in [3.8, 4) is 0 Å². The topological polar surface area (TPSA) is 0 Å². The van der Waals surface area contributed by atoms with Crippen LogP contribution in [0.25, 0.3) is 0 Å². The number of hydrogen-bond donors (Lipinski definition) is 0. The summed E-state index contributed by atoms with van der Waals surface area (Å²) in [6.45, 7) is 9.62. The van der Waals surface area contributed by atoms with Crippen molar-refractivity contribution < 1.29 is 33.8 Å². The van der Waals surface area contributed by atoms with E-state index in [-0.39, 0.29) is 24.8 Å². The van der Waals surface area contributed by atoms with Gasteiger partial charge in [-0.1, -0.05) is 194 Å². The van der Waals surface area contributed by atoms with Gasteiger partial charge in [0, 0.05) is 0 Å². The number of rotatable bonds is 38. The Balaban J connectivity index is 0. The lowest BCUT2D eigenvalue weighted by molar-refractivity contribution is -0.903. The van der Waals surface area contributed by atoms with Crippen LogP contribution in [0.4, 0.5) is 0 Å². The van der Waals surface area contributed by atoms with Crippen LogP contribution in [0, 0.1) is 0 Å². The minimum atomic E-state index is 0. The standard InChI is InChI=1S/C46H92N2S.2ClH/c1-7-9-11-13-15-17-19-21-23-25-27-29-31-33-35-37-41-47(3,4)43-45-39-40-46(49-45)44-48(5,6)42-38-36-34-32-30-28-26-24-22-20-18-16-14-12-10-8-2;;/h39-40H,7-38,41-44H2,1-6H3;2*1H/q+2;;/p-2. The summed E-state index contributed by atoms with van der Waals surface area (Å²) in [4.78, 5) is 3.16. The second-order valence-corrected chi connectivity index (χ2v) is 18.9. The number of halogens is 2. The molecule has 0 atom stereocenters. The predicted molar refractivity (Wildman–Crippen MR) is 225 cm³/mol. The van der Waals surface area contributed by atoms with Gasteiger partial charge in [0.1, 0.15) is 13.1 Å². The third kappa shape index (κ3) is 35.6. The molecule has 0 aliphatic carbocycles. The fourth-order valence-electron chi connectivity index (χ4n) is 7.77. The summed E-state index contributed by atoms with van der Waals surface area (Å²) in [7, 11) is 9.79. The van der Waals surface area contributed by atoms with Crippen molar-refractivity contribution in [1.82, 2.24) is 0 Å². The summed E-state index contributed by atoms with van der Waals surface area (Å²) in [5.41, 5.74) is 0. The molecule has 51 heavy (non-hydrogen) atoms. The van der Waals surface area contributed by atoms with E-state index in [4.69, 9.17) is 0 Å². The molecule has 0 N–H and O–H groups in total. The van der Waals surface area contributed by atoms with Gasteiger partial charge in [0.15, 0.2) is 0 Å². The third-order valence-electron chi connectivity index (χ3n) is 11.1. The lowest BCUT2D eigenvalue weighted by Crippen LogP contribution is -3.00. The lowest BCUT2D eigenvalue weighted by atomic mass is 10.0. The number of thiophene rings is 1. The van der Waals surface area contributed by atoms with E-state index in [1.807, 2.05) is 0 Å². The van der Waals surface area contributed by atoms with Gasteiger partial charge in [-0.25, -0.2) is 0 Å². The number of unbranched alkanes of at least 4 members (excludes halogenated alkanes) is 30. The molecule has 1 aromatic heterocycles. The minimum Gasteiger partial charge on any atom is -1.00 e. The maximum atomic E-state index is 2.45. The number of hydrogen-bond acceptors (Lipinski definition) is 1. The zero-order valence-electron chi connectivity index (χ0n) is 35.7. The Hall–Kier alpha value is 0.200. The van der Waals surface area contributed by atoms with Gasteiger partial charge in [-0.2, -0.15) is 0 Å². The zero-order chi connectivity index (χ0) is 35.7. The van der Waals surface area contributed by atoms with Gasteiger partial charge in [0.2, 0.25) is 0 Å². The van der Waals surface area contributed by atoms with Gasteiger partial charge in [0.25, 0.3) is 0 Å². The molecule has 0 spiro atoms. The highest BCUT2D eigenvalue weighted by Crippen LogP contribution is 2.24. The first-order chi connectivity index (χ1) is 23.8. The van der Waals surface area contributed by atoms with Crippen LogP contribution in [-0.2, 0) is 13.1 Å². The molecule has 0 fully saturated rings. The summed E-state index contributed by atoms with van der Waals surface area (Å²) in [5.74, 6) is 0. The van der Waals surface area contributed by atoms with Crippen molar-refractivity contribution in [1.29, 1.82) is 0 Å². The Bertz CT molecular complexity index is 759. The van der Waals surface area contributed by atoms with Gasteiger partial charge in [-0.05, 0) is 37.8 Å². The van der Waals surface area contributed by atoms with Crippen molar-refractivity contribution in [3.63, 3.8) is 0 Å². The Kier molecular flexibility index (Phi) is 38.8. The molecule has 1 aromatic rings. The highest BCUT2D eigenvalue weighted by molar-refractivity contribution is 7.11. The molecular weight excluding hydrogens is 683 g/mol. The minimum absolute atomic E-state index is 0. The van der Waals surface area contributed by atoms with Crippen molar-refractivity contribution in [2.45, 2.75) is 232 Å². The maximum absolute atomic E-state index is 2.45.